The number of hydrogen-bond donors (Lipinski definition) is 2. The molecule has 1 amide bonds. The molecule has 4 atom stereocenters. The molecule has 1 aliphatic heterocycles. The van der Waals surface area contributed by atoms with Crippen LogP contribution in [-0.2, 0) is 14.3 Å². The smallest absolute Gasteiger partial charge is 0.329 e. The van der Waals surface area contributed by atoms with Crippen molar-refractivity contribution in [3.63, 3.8) is 0 Å². The van der Waals surface area contributed by atoms with Crippen LogP contribution in [0.2, 0.25) is 0 Å². The van der Waals surface area contributed by atoms with Gasteiger partial charge in [0.25, 0.3) is 5.91 Å². The first-order chi connectivity index (χ1) is 14.3. The first kappa shape index (κ1) is 23.9. The van der Waals surface area contributed by atoms with E-state index in [1.807, 2.05) is 6.92 Å². The summed E-state index contributed by atoms with van der Waals surface area (Å²) >= 11 is 0. The fourth-order valence-electron chi connectivity index (χ4n) is 3.95. The Morgan fingerprint density at radius 3 is 2.73 bits per heavy atom. The lowest BCUT2D eigenvalue weighted by molar-refractivity contribution is -0.159. The van der Waals surface area contributed by atoms with Crippen molar-refractivity contribution < 1.29 is 28.9 Å². The second-order valence-corrected chi connectivity index (χ2v) is 8.24. The van der Waals surface area contributed by atoms with E-state index in [4.69, 9.17) is 14.2 Å². The van der Waals surface area contributed by atoms with Crippen LogP contribution in [0.25, 0.3) is 0 Å². The van der Waals surface area contributed by atoms with Crippen LogP contribution in [0.4, 0.5) is 0 Å². The largest absolute Gasteiger partial charge is 0.503 e. The zero-order valence-electron chi connectivity index (χ0n) is 18.5. The van der Waals surface area contributed by atoms with Gasteiger partial charge in [0.2, 0.25) is 0 Å². The van der Waals surface area contributed by atoms with Gasteiger partial charge in [-0.2, -0.15) is 0 Å². The van der Waals surface area contributed by atoms with Gasteiger partial charge in [0.15, 0.2) is 17.2 Å². The lowest BCUT2D eigenvalue weighted by Crippen LogP contribution is -2.44. The van der Waals surface area contributed by atoms with Crippen molar-refractivity contribution in [1.29, 1.82) is 0 Å². The van der Waals surface area contributed by atoms with Gasteiger partial charge in [-0.25, -0.2) is 9.78 Å². The molecule has 8 heteroatoms. The maximum atomic E-state index is 12.7. The summed E-state index contributed by atoms with van der Waals surface area (Å²) in [5, 5.41) is 12.8. The van der Waals surface area contributed by atoms with Crippen LogP contribution in [0.15, 0.2) is 12.3 Å². The number of hydrogen-bond acceptors (Lipinski definition) is 7. The fourth-order valence-corrected chi connectivity index (χ4v) is 3.95. The van der Waals surface area contributed by atoms with Gasteiger partial charge in [-0.1, -0.05) is 26.7 Å². The van der Waals surface area contributed by atoms with Crippen LogP contribution >= 0.6 is 0 Å². The van der Waals surface area contributed by atoms with Crippen molar-refractivity contribution in [2.75, 3.05) is 14.2 Å². The van der Waals surface area contributed by atoms with E-state index in [2.05, 4.69) is 24.1 Å². The quantitative estimate of drug-likeness (QED) is 0.650. The topological polar surface area (TPSA) is 107 Å². The lowest BCUT2D eigenvalue weighted by Gasteiger charge is -2.30. The molecule has 168 valence electrons. The third-order valence-corrected chi connectivity index (χ3v) is 5.60. The van der Waals surface area contributed by atoms with Gasteiger partial charge in [-0.15, -0.1) is 0 Å². The molecule has 2 N–H and O–H groups in total. The molecule has 0 aromatic carbocycles. The number of pyridine rings is 1. The molecular formula is C22H34N2O6. The highest BCUT2D eigenvalue weighted by Gasteiger charge is 2.34. The van der Waals surface area contributed by atoms with E-state index < -0.39 is 24.0 Å². The molecule has 0 unspecified atom stereocenters. The average Bonchev–Trinajstić information content (AvgIpc) is 2.75. The van der Waals surface area contributed by atoms with E-state index in [0.29, 0.717) is 12.3 Å². The molecule has 1 aromatic heterocycles. The summed E-state index contributed by atoms with van der Waals surface area (Å²) < 4.78 is 16.4. The first-order valence-electron chi connectivity index (χ1n) is 10.5. The Balaban J connectivity index is 2.13. The fraction of sp³-hybridized carbons (Fsp3) is 0.682. The summed E-state index contributed by atoms with van der Waals surface area (Å²) in [4.78, 5) is 29.3. The first-order valence-corrected chi connectivity index (χ1v) is 10.5. The molecule has 2 heterocycles. The Hall–Kier alpha value is -2.35. The number of cyclic esters (lactones) is 1. The predicted molar refractivity (Wildman–Crippen MR) is 111 cm³/mol. The van der Waals surface area contributed by atoms with Crippen LogP contribution in [0, 0.1) is 11.8 Å². The number of aromatic hydroxyl groups is 1. The molecule has 1 saturated heterocycles. The van der Waals surface area contributed by atoms with E-state index in [0.717, 1.165) is 25.7 Å². The Morgan fingerprint density at radius 2 is 2.10 bits per heavy atom. The van der Waals surface area contributed by atoms with Gasteiger partial charge in [-0.05, 0) is 38.0 Å². The number of nitrogens with zero attached hydrogens (tertiary/aromatic N) is 1. The third kappa shape index (κ3) is 6.08. The standard InChI is InChI=1S/C22H34N2O6/c1-13(2)9-10-15-7-6-8-16(22(27)30-14(3)20(15)29-5)24-21(26)18-19(25)17(28-4)11-12-23-18/h11-16,20,25H,6-10H2,1-5H3,(H,24,26)/t14-,15+,16-,20-/m0/s1. The maximum Gasteiger partial charge on any atom is 0.329 e. The second-order valence-electron chi connectivity index (χ2n) is 8.24. The Kier molecular flexibility index (Phi) is 8.89. The highest BCUT2D eigenvalue weighted by Crippen LogP contribution is 2.30. The highest BCUT2D eigenvalue weighted by atomic mass is 16.6. The minimum absolute atomic E-state index is 0.136. The maximum absolute atomic E-state index is 12.7. The third-order valence-electron chi connectivity index (χ3n) is 5.60. The molecular weight excluding hydrogens is 388 g/mol. The number of methoxy groups -OCH3 is 2. The van der Waals surface area contributed by atoms with Crippen molar-refractivity contribution in [3.8, 4) is 11.5 Å². The van der Waals surface area contributed by atoms with Crippen molar-refractivity contribution in [2.45, 2.75) is 71.1 Å². The van der Waals surface area contributed by atoms with Crippen LogP contribution in [0.1, 0.15) is 63.4 Å². The monoisotopic (exact) mass is 422 g/mol. The number of esters is 1. The van der Waals surface area contributed by atoms with Crippen LogP contribution in [-0.4, -0.2) is 54.4 Å². The van der Waals surface area contributed by atoms with Crippen molar-refractivity contribution in [3.05, 3.63) is 18.0 Å². The summed E-state index contributed by atoms with van der Waals surface area (Å²) in [6, 6.07) is 0.623. The van der Waals surface area contributed by atoms with Crippen LogP contribution in [0.5, 0.6) is 11.5 Å². The van der Waals surface area contributed by atoms with Gasteiger partial charge < -0.3 is 24.6 Å². The van der Waals surface area contributed by atoms with Gasteiger partial charge >= 0.3 is 5.97 Å². The van der Waals surface area contributed by atoms with Crippen molar-refractivity contribution >= 4 is 11.9 Å². The van der Waals surface area contributed by atoms with E-state index in [1.54, 1.807) is 7.11 Å². The lowest BCUT2D eigenvalue weighted by atomic mass is 9.86. The molecule has 0 spiro atoms. The molecule has 1 fully saturated rings. The molecule has 0 bridgehead atoms. The van der Waals surface area contributed by atoms with Gasteiger partial charge in [-0.3, -0.25) is 4.79 Å². The zero-order chi connectivity index (χ0) is 22.3. The molecule has 1 aliphatic rings. The number of amides is 1. The van der Waals surface area contributed by atoms with E-state index in [-0.39, 0.29) is 29.2 Å². The molecule has 2 rings (SSSR count). The molecule has 8 nitrogen and oxygen atoms in total. The predicted octanol–water partition coefficient (Wildman–Crippen LogP) is 3.08. The van der Waals surface area contributed by atoms with Crippen molar-refractivity contribution in [1.82, 2.24) is 10.3 Å². The highest BCUT2D eigenvalue weighted by molar-refractivity contribution is 5.97. The van der Waals surface area contributed by atoms with Gasteiger partial charge in [0.1, 0.15) is 12.1 Å². The van der Waals surface area contributed by atoms with Gasteiger partial charge in [0, 0.05) is 19.4 Å². The molecule has 30 heavy (non-hydrogen) atoms. The molecule has 0 saturated carbocycles. The molecule has 0 radical (unpaired) electrons. The normalized spacial score (nSPS) is 25.1. The van der Waals surface area contributed by atoms with E-state index >= 15 is 0 Å². The molecule has 0 aliphatic carbocycles. The summed E-state index contributed by atoms with van der Waals surface area (Å²) in [6.45, 7) is 6.20. The number of nitrogens with one attached hydrogen (secondary N) is 1. The summed E-state index contributed by atoms with van der Waals surface area (Å²) in [7, 11) is 3.03. The Labute approximate surface area is 178 Å². The molecule has 1 aromatic rings. The summed E-state index contributed by atoms with van der Waals surface area (Å²) in [5.41, 5.74) is -0.195. The Morgan fingerprint density at radius 1 is 1.37 bits per heavy atom. The van der Waals surface area contributed by atoms with Crippen LogP contribution in [0.3, 0.4) is 0 Å². The average molecular weight is 423 g/mol. The van der Waals surface area contributed by atoms with Gasteiger partial charge in [0.05, 0.1) is 13.2 Å². The number of rotatable bonds is 7. The van der Waals surface area contributed by atoms with Crippen LogP contribution < -0.4 is 10.1 Å². The van der Waals surface area contributed by atoms with E-state index in [9.17, 15) is 14.7 Å². The number of carbonyl (C=O) groups excluding carboxylic acids is 2. The Bertz CT molecular complexity index is 724. The number of aromatic nitrogens is 1. The summed E-state index contributed by atoms with van der Waals surface area (Å²) in [6.07, 6.45) is 4.87. The minimum atomic E-state index is -0.825. The minimum Gasteiger partial charge on any atom is -0.503 e. The van der Waals surface area contributed by atoms with E-state index in [1.165, 1.54) is 19.4 Å². The number of ether oxygens (including phenoxy) is 3. The second kappa shape index (κ2) is 11.2. The summed E-state index contributed by atoms with van der Waals surface area (Å²) in [5.74, 6) is -0.529. The number of carbonyl (C=O) groups is 2. The van der Waals surface area contributed by atoms with Crippen molar-refractivity contribution in [2.24, 2.45) is 11.8 Å². The SMILES string of the molecule is COc1ccnc(C(=O)N[C@H]2CCC[C@H](CCC(C)C)[C@@H](OC)[C@H](C)OC2=O)c1O. The zero-order valence-corrected chi connectivity index (χ0v) is 18.5.